The summed E-state index contributed by atoms with van der Waals surface area (Å²) in [5, 5.41) is 2.62. The van der Waals surface area contributed by atoms with Crippen molar-refractivity contribution in [2.24, 2.45) is 0 Å². The number of esters is 1. The van der Waals surface area contributed by atoms with Gasteiger partial charge in [0, 0.05) is 13.0 Å². The molecule has 0 bridgehead atoms. The van der Waals surface area contributed by atoms with Gasteiger partial charge in [0.05, 0.1) is 6.04 Å². The van der Waals surface area contributed by atoms with Crippen molar-refractivity contribution in [3.05, 3.63) is 25.3 Å². The molecule has 7 heteroatoms. The highest BCUT2D eigenvalue weighted by atomic mass is 16.6. The second kappa shape index (κ2) is 10.7. The third-order valence-corrected chi connectivity index (χ3v) is 4.04. The molecule has 1 N–H and O–H groups in total. The molecule has 2 unspecified atom stereocenters. The van der Waals surface area contributed by atoms with E-state index in [1.807, 2.05) is 0 Å². The van der Waals surface area contributed by atoms with Crippen LogP contribution in [0, 0.1) is 0 Å². The van der Waals surface area contributed by atoms with E-state index in [1.165, 1.54) is 0 Å². The topological polar surface area (TPSA) is 84.9 Å². The van der Waals surface area contributed by atoms with E-state index in [1.54, 1.807) is 37.8 Å². The molecule has 2 atom stereocenters. The van der Waals surface area contributed by atoms with Gasteiger partial charge in [-0.3, -0.25) is 9.59 Å². The maximum Gasteiger partial charge on any atom is 0.408 e. The number of ether oxygens (including phenoxy) is 2. The summed E-state index contributed by atoms with van der Waals surface area (Å²) in [5.74, 6) is -0.519. The Hall–Kier alpha value is -2.31. The summed E-state index contributed by atoms with van der Waals surface area (Å²) >= 11 is 0. The molecular formula is C20H32N2O5. The van der Waals surface area contributed by atoms with Crippen LogP contribution in [-0.4, -0.2) is 53.7 Å². The van der Waals surface area contributed by atoms with Crippen molar-refractivity contribution in [1.82, 2.24) is 10.2 Å². The number of hydrogen-bond acceptors (Lipinski definition) is 5. The third-order valence-electron chi connectivity index (χ3n) is 4.04. The summed E-state index contributed by atoms with van der Waals surface area (Å²) in [7, 11) is 0. The second-order valence-corrected chi connectivity index (χ2v) is 7.56. The van der Waals surface area contributed by atoms with Gasteiger partial charge < -0.3 is 19.7 Å². The van der Waals surface area contributed by atoms with Gasteiger partial charge >= 0.3 is 12.1 Å². The van der Waals surface area contributed by atoms with E-state index in [9.17, 15) is 14.4 Å². The maximum atomic E-state index is 12.9. The van der Waals surface area contributed by atoms with Crippen LogP contribution in [0.5, 0.6) is 0 Å². The molecule has 1 saturated heterocycles. The van der Waals surface area contributed by atoms with E-state index < -0.39 is 17.7 Å². The summed E-state index contributed by atoms with van der Waals surface area (Å²) in [6, 6.07) is -0.938. The highest BCUT2D eigenvalue weighted by Gasteiger charge is 2.34. The van der Waals surface area contributed by atoms with Crippen LogP contribution in [0.15, 0.2) is 25.3 Å². The first-order chi connectivity index (χ1) is 12.7. The molecule has 0 spiro atoms. The van der Waals surface area contributed by atoms with Crippen molar-refractivity contribution in [3.63, 3.8) is 0 Å². The summed E-state index contributed by atoms with van der Waals surface area (Å²) in [5.41, 5.74) is -0.651. The van der Waals surface area contributed by atoms with Crippen molar-refractivity contribution >= 4 is 18.0 Å². The summed E-state index contributed by atoms with van der Waals surface area (Å²) in [6.45, 7) is 13.2. The van der Waals surface area contributed by atoms with Crippen LogP contribution in [0.1, 0.15) is 52.9 Å². The van der Waals surface area contributed by atoms with Crippen molar-refractivity contribution in [2.45, 2.75) is 70.6 Å². The minimum atomic E-state index is -0.755. The molecule has 1 heterocycles. The highest BCUT2D eigenvalue weighted by Crippen LogP contribution is 2.20. The van der Waals surface area contributed by atoms with Crippen molar-refractivity contribution in [2.75, 3.05) is 13.2 Å². The number of carbonyl (C=O) groups excluding carboxylic acids is 3. The normalized spacial score (nSPS) is 17.7. The first-order valence-corrected chi connectivity index (χ1v) is 9.35. The zero-order chi connectivity index (χ0) is 20.4. The van der Waals surface area contributed by atoms with E-state index in [0.29, 0.717) is 19.4 Å². The number of allylic oxidation sites excluding steroid dienone is 1. The summed E-state index contributed by atoms with van der Waals surface area (Å²) in [4.78, 5) is 38.3. The smallest absolute Gasteiger partial charge is 0.408 e. The Balaban J connectivity index is 2.67. The molecular weight excluding hydrogens is 348 g/mol. The van der Waals surface area contributed by atoms with Crippen LogP contribution < -0.4 is 5.32 Å². The Bertz CT molecular complexity index is 553. The van der Waals surface area contributed by atoms with Crippen LogP contribution in [0.25, 0.3) is 0 Å². The zero-order valence-corrected chi connectivity index (χ0v) is 16.7. The predicted molar refractivity (Wildman–Crippen MR) is 103 cm³/mol. The highest BCUT2D eigenvalue weighted by molar-refractivity contribution is 5.86. The Morgan fingerprint density at radius 2 is 1.96 bits per heavy atom. The molecule has 0 aliphatic carbocycles. The minimum Gasteiger partial charge on any atom is -0.463 e. The molecule has 1 rings (SSSR count). The third kappa shape index (κ3) is 8.28. The van der Waals surface area contributed by atoms with Crippen LogP contribution in [0.2, 0.25) is 0 Å². The molecule has 27 heavy (non-hydrogen) atoms. The van der Waals surface area contributed by atoms with Crippen LogP contribution in [-0.2, 0) is 19.1 Å². The average Bonchev–Trinajstić information content (AvgIpc) is 3.03. The van der Waals surface area contributed by atoms with Gasteiger partial charge in [0.2, 0.25) is 5.91 Å². The van der Waals surface area contributed by atoms with E-state index in [-0.39, 0.29) is 30.9 Å². The Morgan fingerprint density at radius 3 is 2.56 bits per heavy atom. The molecule has 1 fully saturated rings. The van der Waals surface area contributed by atoms with Crippen molar-refractivity contribution in [3.8, 4) is 0 Å². The quantitative estimate of drug-likeness (QED) is 0.491. The first kappa shape index (κ1) is 22.7. The van der Waals surface area contributed by atoms with E-state index in [0.717, 1.165) is 12.8 Å². The number of nitrogens with zero attached hydrogens (tertiary/aromatic N) is 1. The fraction of sp³-hybridized carbons (Fsp3) is 0.650. The lowest BCUT2D eigenvalue weighted by Gasteiger charge is -2.29. The monoisotopic (exact) mass is 380 g/mol. The van der Waals surface area contributed by atoms with Crippen molar-refractivity contribution < 1.29 is 23.9 Å². The first-order valence-electron chi connectivity index (χ1n) is 9.35. The van der Waals surface area contributed by atoms with Gasteiger partial charge in [0.1, 0.15) is 18.2 Å². The number of carbonyl (C=O) groups is 3. The van der Waals surface area contributed by atoms with Crippen LogP contribution >= 0.6 is 0 Å². The number of likely N-dealkylation sites (tertiary alicyclic amines) is 1. The van der Waals surface area contributed by atoms with Crippen molar-refractivity contribution in [1.29, 1.82) is 0 Å². The predicted octanol–water partition coefficient (Wildman–Crippen LogP) is 2.96. The van der Waals surface area contributed by atoms with Gasteiger partial charge in [-0.05, 0) is 46.5 Å². The molecule has 1 aliphatic heterocycles. The molecule has 0 aromatic heterocycles. The summed E-state index contributed by atoms with van der Waals surface area (Å²) in [6.07, 6.45) is 5.32. The fourth-order valence-corrected chi connectivity index (χ4v) is 2.82. The molecule has 1 aliphatic rings. The van der Waals surface area contributed by atoms with Gasteiger partial charge in [-0.2, -0.15) is 0 Å². The minimum absolute atomic E-state index is 0.162. The number of alkyl carbamates (subject to hydrolysis) is 1. The molecule has 0 radical (unpaired) electrons. The van der Waals surface area contributed by atoms with E-state index >= 15 is 0 Å². The molecule has 7 nitrogen and oxygen atoms in total. The van der Waals surface area contributed by atoms with E-state index in [2.05, 4.69) is 18.5 Å². The largest absolute Gasteiger partial charge is 0.463 e. The summed E-state index contributed by atoms with van der Waals surface area (Å²) < 4.78 is 10.5. The lowest BCUT2D eigenvalue weighted by Crippen LogP contribution is -2.51. The van der Waals surface area contributed by atoms with Gasteiger partial charge in [-0.1, -0.05) is 12.2 Å². The Morgan fingerprint density at radius 1 is 1.26 bits per heavy atom. The molecule has 0 saturated carbocycles. The Labute approximate surface area is 161 Å². The SMILES string of the molecule is C=CCCC(=O)OCC1CCCN1C(=O)C(CC=C)NC(=O)OC(C)(C)C. The number of amides is 2. The Kier molecular flexibility index (Phi) is 9.05. The van der Waals surface area contributed by atoms with Gasteiger partial charge in [-0.15, -0.1) is 13.2 Å². The molecule has 0 aromatic carbocycles. The number of nitrogens with one attached hydrogen (secondary N) is 1. The van der Waals surface area contributed by atoms with Gasteiger partial charge in [0.25, 0.3) is 0 Å². The standard InChI is InChI=1S/C20H32N2O5/c1-6-8-12-17(23)26-14-15-11-9-13-22(15)18(24)16(10-7-2)21-19(25)27-20(3,4)5/h6-7,15-16H,1-2,8-14H2,3-5H3,(H,21,25). The van der Waals surface area contributed by atoms with E-state index in [4.69, 9.17) is 9.47 Å². The average molecular weight is 380 g/mol. The zero-order valence-electron chi connectivity index (χ0n) is 16.7. The van der Waals surface area contributed by atoms with Crippen LogP contribution in [0.4, 0.5) is 4.79 Å². The van der Waals surface area contributed by atoms with Gasteiger partial charge in [0.15, 0.2) is 0 Å². The maximum absolute atomic E-state index is 12.9. The number of hydrogen-bond donors (Lipinski definition) is 1. The fourth-order valence-electron chi connectivity index (χ4n) is 2.82. The number of rotatable bonds is 9. The lowest BCUT2D eigenvalue weighted by molar-refractivity contribution is -0.147. The molecule has 2 amide bonds. The van der Waals surface area contributed by atoms with Crippen LogP contribution in [0.3, 0.4) is 0 Å². The van der Waals surface area contributed by atoms with Gasteiger partial charge in [-0.25, -0.2) is 4.79 Å². The lowest BCUT2D eigenvalue weighted by atomic mass is 10.1. The molecule has 0 aromatic rings. The molecule has 152 valence electrons. The second-order valence-electron chi connectivity index (χ2n) is 7.56.